The van der Waals surface area contributed by atoms with Gasteiger partial charge in [0.25, 0.3) is 0 Å². The molecule has 0 bridgehead atoms. The number of nitrogens with zero attached hydrogens (tertiary/aromatic N) is 1. The van der Waals surface area contributed by atoms with Crippen molar-refractivity contribution in [2.45, 2.75) is 26.2 Å². The summed E-state index contributed by atoms with van der Waals surface area (Å²) in [5, 5.41) is 0. The Balaban J connectivity index is 2.35. The highest BCUT2D eigenvalue weighted by Crippen LogP contribution is 2.19. The first-order chi connectivity index (χ1) is 5.77. The molecule has 0 aliphatic carbocycles. The Morgan fingerprint density at radius 1 is 1.58 bits per heavy atom. The first kappa shape index (κ1) is 9.30. The molecule has 0 radical (unpaired) electrons. The van der Waals surface area contributed by atoms with Gasteiger partial charge in [-0.2, -0.15) is 0 Å². The van der Waals surface area contributed by atoms with E-state index < -0.39 is 0 Å². The Bertz CT molecular complexity index is 169. The van der Waals surface area contributed by atoms with Crippen molar-refractivity contribution in [3.63, 3.8) is 0 Å². The second-order valence-corrected chi connectivity index (χ2v) is 3.38. The summed E-state index contributed by atoms with van der Waals surface area (Å²) < 4.78 is 0. The van der Waals surface area contributed by atoms with E-state index in [0.29, 0.717) is 0 Å². The number of hydrogen-bond acceptors (Lipinski definition) is 1. The summed E-state index contributed by atoms with van der Waals surface area (Å²) in [7, 11) is 0. The van der Waals surface area contributed by atoms with E-state index in [1.807, 2.05) is 4.90 Å². The Morgan fingerprint density at radius 2 is 2.17 bits per heavy atom. The lowest BCUT2D eigenvalue weighted by Crippen LogP contribution is -2.37. The van der Waals surface area contributed by atoms with Crippen LogP contribution in [0.5, 0.6) is 0 Å². The van der Waals surface area contributed by atoms with Crippen LogP contribution in [0.3, 0.4) is 0 Å². The molecule has 68 valence electrons. The zero-order valence-corrected chi connectivity index (χ0v) is 7.75. The standard InChI is InChI=1S/C10H17NO/c1-3-9-5-7-11(8-6-9)10(12)4-2/h4,9H,2-3,5-8H2,1H3. The van der Waals surface area contributed by atoms with Crippen LogP contribution in [0.25, 0.3) is 0 Å². The van der Waals surface area contributed by atoms with Crippen molar-refractivity contribution in [3.05, 3.63) is 12.7 Å². The van der Waals surface area contributed by atoms with E-state index in [1.165, 1.54) is 12.5 Å². The number of likely N-dealkylation sites (tertiary alicyclic amines) is 1. The van der Waals surface area contributed by atoms with Gasteiger partial charge in [-0.1, -0.05) is 19.9 Å². The van der Waals surface area contributed by atoms with E-state index in [2.05, 4.69) is 13.5 Å². The molecule has 1 heterocycles. The molecule has 1 saturated heterocycles. The van der Waals surface area contributed by atoms with Gasteiger partial charge in [0.15, 0.2) is 0 Å². The molecule has 1 aliphatic heterocycles. The summed E-state index contributed by atoms with van der Waals surface area (Å²) in [6.45, 7) is 7.54. The average Bonchev–Trinajstić information content (AvgIpc) is 2.17. The lowest BCUT2D eigenvalue weighted by molar-refractivity contribution is -0.127. The van der Waals surface area contributed by atoms with Gasteiger partial charge < -0.3 is 4.90 Å². The molecule has 12 heavy (non-hydrogen) atoms. The van der Waals surface area contributed by atoms with Crippen molar-refractivity contribution >= 4 is 5.91 Å². The normalized spacial score (nSPS) is 19.2. The van der Waals surface area contributed by atoms with Crippen LogP contribution >= 0.6 is 0 Å². The van der Waals surface area contributed by atoms with Gasteiger partial charge in [-0.25, -0.2) is 0 Å². The fraction of sp³-hybridized carbons (Fsp3) is 0.700. The second-order valence-electron chi connectivity index (χ2n) is 3.38. The van der Waals surface area contributed by atoms with Gasteiger partial charge in [0.1, 0.15) is 0 Å². The van der Waals surface area contributed by atoms with E-state index in [0.717, 1.165) is 31.8 Å². The van der Waals surface area contributed by atoms with Gasteiger partial charge in [-0.3, -0.25) is 4.79 Å². The zero-order valence-electron chi connectivity index (χ0n) is 7.75. The molecule has 1 aliphatic rings. The topological polar surface area (TPSA) is 20.3 Å². The fourth-order valence-corrected chi connectivity index (χ4v) is 1.69. The van der Waals surface area contributed by atoms with Crippen LogP contribution in [0.1, 0.15) is 26.2 Å². The van der Waals surface area contributed by atoms with E-state index in [9.17, 15) is 4.79 Å². The van der Waals surface area contributed by atoms with Crippen molar-refractivity contribution in [1.82, 2.24) is 4.90 Å². The fourth-order valence-electron chi connectivity index (χ4n) is 1.69. The third kappa shape index (κ3) is 2.10. The Labute approximate surface area is 74.2 Å². The lowest BCUT2D eigenvalue weighted by Gasteiger charge is -2.30. The van der Waals surface area contributed by atoms with E-state index >= 15 is 0 Å². The highest BCUT2D eigenvalue weighted by atomic mass is 16.2. The van der Waals surface area contributed by atoms with Gasteiger partial charge in [0.2, 0.25) is 5.91 Å². The monoisotopic (exact) mass is 167 g/mol. The number of rotatable bonds is 2. The van der Waals surface area contributed by atoms with Crippen molar-refractivity contribution in [2.24, 2.45) is 5.92 Å². The minimum absolute atomic E-state index is 0.0875. The Kier molecular flexibility index (Phi) is 3.32. The molecular formula is C10H17NO. The number of carbonyl (C=O) groups is 1. The third-order valence-corrected chi connectivity index (χ3v) is 2.68. The molecule has 0 saturated carbocycles. The van der Waals surface area contributed by atoms with Crippen LogP contribution in [0.2, 0.25) is 0 Å². The lowest BCUT2D eigenvalue weighted by atomic mass is 9.94. The van der Waals surface area contributed by atoms with Crippen LogP contribution in [0.15, 0.2) is 12.7 Å². The van der Waals surface area contributed by atoms with E-state index in [-0.39, 0.29) is 5.91 Å². The van der Waals surface area contributed by atoms with Crippen LogP contribution < -0.4 is 0 Å². The van der Waals surface area contributed by atoms with E-state index in [4.69, 9.17) is 0 Å². The average molecular weight is 167 g/mol. The first-order valence-corrected chi connectivity index (χ1v) is 4.69. The van der Waals surface area contributed by atoms with Crippen molar-refractivity contribution in [2.75, 3.05) is 13.1 Å². The summed E-state index contributed by atoms with van der Waals surface area (Å²) in [5.74, 6) is 0.920. The summed E-state index contributed by atoms with van der Waals surface area (Å²) in [6, 6.07) is 0. The highest BCUT2D eigenvalue weighted by Gasteiger charge is 2.19. The summed E-state index contributed by atoms with van der Waals surface area (Å²) >= 11 is 0. The minimum Gasteiger partial charge on any atom is -0.339 e. The number of carbonyl (C=O) groups excluding carboxylic acids is 1. The highest BCUT2D eigenvalue weighted by molar-refractivity contribution is 5.87. The SMILES string of the molecule is C=CC(=O)N1CCC(CC)CC1. The predicted octanol–water partition coefficient (Wildman–Crippen LogP) is 1.82. The molecule has 1 rings (SSSR count). The smallest absolute Gasteiger partial charge is 0.245 e. The molecule has 0 unspecified atom stereocenters. The van der Waals surface area contributed by atoms with Gasteiger partial charge >= 0.3 is 0 Å². The summed E-state index contributed by atoms with van der Waals surface area (Å²) in [4.78, 5) is 13.1. The minimum atomic E-state index is 0.0875. The zero-order chi connectivity index (χ0) is 8.97. The molecule has 2 heteroatoms. The van der Waals surface area contributed by atoms with Gasteiger partial charge in [0.05, 0.1) is 0 Å². The molecule has 0 atom stereocenters. The third-order valence-electron chi connectivity index (χ3n) is 2.68. The Morgan fingerprint density at radius 3 is 2.58 bits per heavy atom. The largest absolute Gasteiger partial charge is 0.339 e. The van der Waals surface area contributed by atoms with Gasteiger partial charge in [-0.05, 0) is 24.8 Å². The number of amides is 1. The van der Waals surface area contributed by atoms with Gasteiger partial charge in [-0.15, -0.1) is 0 Å². The molecule has 1 amide bonds. The van der Waals surface area contributed by atoms with Crippen molar-refractivity contribution in [3.8, 4) is 0 Å². The van der Waals surface area contributed by atoms with E-state index in [1.54, 1.807) is 0 Å². The van der Waals surface area contributed by atoms with Crippen LogP contribution in [0.4, 0.5) is 0 Å². The molecule has 0 spiro atoms. The van der Waals surface area contributed by atoms with Crippen molar-refractivity contribution < 1.29 is 4.79 Å². The summed E-state index contributed by atoms with van der Waals surface area (Å²) in [6.07, 6.45) is 4.98. The Hall–Kier alpha value is -0.790. The van der Waals surface area contributed by atoms with Crippen LogP contribution in [-0.2, 0) is 4.79 Å². The number of piperidine rings is 1. The van der Waals surface area contributed by atoms with Crippen LogP contribution in [0, 0.1) is 5.92 Å². The molecule has 2 nitrogen and oxygen atoms in total. The van der Waals surface area contributed by atoms with Gasteiger partial charge in [0, 0.05) is 13.1 Å². The maximum atomic E-state index is 11.2. The molecule has 0 aromatic carbocycles. The van der Waals surface area contributed by atoms with Crippen LogP contribution in [-0.4, -0.2) is 23.9 Å². The maximum Gasteiger partial charge on any atom is 0.245 e. The molecule has 0 aromatic heterocycles. The molecule has 0 aromatic rings. The predicted molar refractivity (Wildman–Crippen MR) is 49.8 cm³/mol. The maximum absolute atomic E-state index is 11.2. The van der Waals surface area contributed by atoms with Crippen molar-refractivity contribution in [1.29, 1.82) is 0 Å². The molecule has 0 N–H and O–H groups in total. The first-order valence-electron chi connectivity index (χ1n) is 4.69. The second kappa shape index (κ2) is 4.29. The molecular weight excluding hydrogens is 150 g/mol. The number of hydrogen-bond donors (Lipinski definition) is 0. The molecule has 1 fully saturated rings. The quantitative estimate of drug-likeness (QED) is 0.574. The summed E-state index contributed by atoms with van der Waals surface area (Å²) in [5.41, 5.74) is 0.